The number of piperidine rings is 1. The summed E-state index contributed by atoms with van der Waals surface area (Å²) in [7, 11) is -3.51. The van der Waals surface area contributed by atoms with Crippen molar-refractivity contribution in [1.29, 1.82) is 0 Å². The summed E-state index contributed by atoms with van der Waals surface area (Å²) in [6.07, 6.45) is 5.72. The molecule has 2 aliphatic rings. The maximum Gasteiger partial charge on any atom is 0.338 e. The molecule has 0 radical (unpaired) electrons. The number of carbonyl (C=O) groups excluding carboxylic acids is 2. The summed E-state index contributed by atoms with van der Waals surface area (Å²) in [6.45, 7) is 3.54. The van der Waals surface area contributed by atoms with Crippen LogP contribution in [0.25, 0.3) is 0 Å². The zero-order chi connectivity index (χ0) is 20.1. The largest absolute Gasteiger partial charge is 0.452 e. The van der Waals surface area contributed by atoms with E-state index in [9.17, 15) is 18.0 Å². The van der Waals surface area contributed by atoms with Gasteiger partial charge in [0.15, 0.2) is 6.61 Å². The molecule has 3 rings (SSSR count). The van der Waals surface area contributed by atoms with Gasteiger partial charge in [-0.2, -0.15) is 4.31 Å². The molecule has 7 nitrogen and oxygen atoms in total. The van der Waals surface area contributed by atoms with Gasteiger partial charge in [-0.1, -0.05) is 6.92 Å². The number of esters is 1. The molecule has 2 fully saturated rings. The van der Waals surface area contributed by atoms with Crippen LogP contribution in [0.15, 0.2) is 29.2 Å². The van der Waals surface area contributed by atoms with E-state index in [0.717, 1.165) is 38.5 Å². The fourth-order valence-corrected chi connectivity index (χ4v) is 5.40. The number of ether oxygens (including phenoxy) is 1. The molecule has 154 valence electrons. The highest BCUT2D eigenvalue weighted by Gasteiger charge is 2.28. The summed E-state index contributed by atoms with van der Waals surface area (Å²) in [5.41, 5.74) is 0.235. The average molecular weight is 409 g/mol. The van der Waals surface area contributed by atoms with Gasteiger partial charge in [-0.05, 0) is 62.8 Å². The Bertz CT molecular complexity index is 800. The average Bonchev–Trinajstić information content (AvgIpc) is 3.27. The lowest BCUT2D eigenvalue weighted by atomic mass is 10.00. The van der Waals surface area contributed by atoms with Crippen LogP contribution in [0.3, 0.4) is 0 Å². The summed E-state index contributed by atoms with van der Waals surface area (Å²) in [6, 6.07) is 5.93. The molecule has 1 atom stereocenters. The molecule has 0 bridgehead atoms. The van der Waals surface area contributed by atoms with Crippen molar-refractivity contribution in [3.63, 3.8) is 0 Å². The first-order valence-electron chi connectivity index (χ1n) is 10.0. The van der Waals surface area contributed by atoms with Gasteiger partial charge in [0.25, 0.3) is 5.91 Å². The normalized spacial score (nSPS) is 20.9. The number of rotatable bonds is 6. The van der Waals surface area contributed by atoms with E-state index in [1.165, 1.54) is 28.6 Å². The molecule has 1 amide bonds. The van der Waals surface area contributed by atoms with Crippen molar-refractivity contribution in [2.24, 2.45) is 0 Å². The fourth-order valence-electron chi connectivity index (χ4n) is 3.89. The minimum atomic E-state index is -3.51. The zero-order valence-corrected chi connectivity index (χ0v) is 17.1. The monoisotopic (exact) mass is 408 g/mol. The minimum Gasteiger partial charge on any atom is -0.452 e. The van der Waals surface area contributed by atoms with Crippen LogP contribution in [0.4, 0.5) is 0 Å². The van der Waals surface area contributed by atoms with Crippen molar-refractivity contribution >= 4 is 21.9 Å². The number of hydrogen-bond acceptors (Lipinski definition) is 5. The molecular weight excluding hydrogens is 380 g/mol. The second kappa shape index (κ2) is 9.05. The molecule has 0 aromatic heterocycles. The summed E-state index contributed by atoms with van der Waals surface area (Å²) in [5.74, 6) is -0.795. The van der Waals surface area contributed by atoms with Crippen LogP contribution in [-0.2, 0) is 19.6 Å². The van der Waals surface area contributed by atoms with Crippen LogP contribution < -0.4 is 0 Å². The van der Waals surface area contributed by atoms with E-state index < -0.39 is 16.0 Å². The Hall–Kier alpha value is -1.93. The predicted octanol–water partition coefficient (Wildman–Crippen LogP) is 2.42. The Balaban J connectivity index is 1.58. The Morgan fingerprint density at radius 1 is 1.04 bits per heavy atom. The van der Waals surface area contributed by atoms with Crippen molar-refractivity contribution in [2.45, 2.75) is 56.4 Å². The first-order chi connectivity index (χ1) is 13.4. The molecule has 0 aliphatic carbocycles. The standard InChI is InChI=1S/C20H28N2O5S/c1-2-17-7-3-4-14-22(17)19(23)15-27-20(24)16-8-10-18(11-9-16)28(25,26)21-12-5-6-13-21/h8-11,17H,2-7,12-15H2,1H3. The van der Waals surface area contributed by atoms with Gasteiger partial charge in [0.2, 0.25) is 10.0 Å². The van der Waals surface area contributed by atoms with E-state index in [0.29, 0.717) is 19.6 Å². The Morgan fingerprint density at radius 2 is 1.68 bits per heavy atom. The van der Waals surface area contributed by atoms with Crippen LogP contribution >= 0.6 is 0 Å². The predicted molar refractivity (Wildman–Crippen MR) is 104 cm³/mol. The number of benzene rings is 1. The van der Waals surface area contributed by atoms with Crippen molar-refractivity contribution in [2.75, 3.05) is 26.2 Å². The van der Waals surface area contributed by atoms with Gasteiger partial charge in [-0.3, -0.25) is 4.79 Å². The van der Waals surface area contributed by atoms with E-state index in [2.05, 4.69) is 6.92 Å². The third-order valence-corrected chi connectivity index (χ3v) is 7.45. The SMILES string of the molecule is CCC1CCCCN1C(=O)COC(=O)c1ccc(S(=O)(=O)N2CCCC2)cc1. The third-order valence-electron chi connectivity index (χ3n) is 5.54. The van der Waals surface area contributed by atoms with Crippen molar-refractivity contribution in [3.8, 4) is 0 Å². The van der Waals surface area contributed by atoms with Gasteiger partial charge in [0.1, 0.15) is 0 Å². The molecule has 0 N–H and O–H groups in total. The van der Waals surface area contributed by atoms with E-state index in [4.69, 9.17) is 4.74 Å². The fraction of sp³-hybridized carbons (Fsp3) is 0.600. The lowest BCUT2D eigenvalue weighted by Crippen LogP contribution is -2.45. The third kappa shape index (κ3) is 4.55. The molecule has 0 spiro atoms. The van der Waals surface area contributed by atoms with Crippen molar-refractivity contribution in [1.82, 2.24) is 9.21 Å². The highest BCUT2D eigenvalue weighted by Crippen LogP contribution is 2.22. The first-order valence-corrected chi connectivity index (χ1v) is 11.4. The molecule has 28 heavy (non-hydrogen) atoms. The Morgan fingerprint density at radius 3 is 2.32 bits per heavy atom. The van der Waals surface area contributed by atoms with Crippen molar-refractivity contribution < 1.29 is 22.7 Å². The molecule has 1 aromatic rings. The van der Waals surface area contributed by atoms with Crippen LogP contribution in [-0.4, -0.2) is 61.8 Å². The number of likely N-dealkylation sites (tertiary alicyclic amines) is 1. The number of carbonyl (C=O) groups is 2. The highest BCUT2D eigenvalue weighted by atomic mass is 32.2. The topological polar surface area (TPSA) is 84.0 Å². The van der Waals surface area contributed by atoms with Gasteiger partial charge in [0, 0.05) is 25.7 Å². The van der Waals surface area contributed by atoms with Gasteiger partial charge in [-0.15, -0.1) is 0 Å². The summed E-state index contributed by atoms with van der Waals surface area (Å²) in [5, 5.41) is 0. The molecule has 2 aliphatic heterocycles. The molecule has 1 aromatic carbocycles. The maximum atomic E-state index is 12.5. The van der Waals surface area contributed by atoms with Gasteiger partial charge < -0.3 is 9.64 Å². The first kappa shape index (κ1) is 20.8. The minimum absolute atomic E-state index is 0.168. The van der Waals surface area contributed by atoms with Crippen LogP contribution in [0.2, 0.25) is 0 Å². The maximum absolute atomic E-state index is 12.5. The molecule has 0 saturated carbocycles. The van der Waals surface area contributed by atoms with Gasteiger partial charge in [0.05, 0.1) is 10.5 Å². The summed E-state index contributed by atoms with van der Waals surface area (Å²) >= 11 is 0. The lowest BCUT2D eigenvalue weighted by Gasteiger charge is -2.35. The molecule has 8 heteroatoms. The van der Waals surface area contributed by atoms with Crippen LogP contribution in [0, 0.1) is 0 Å². The van der Waals surface area contributed by atoms with Crippen molar-refractivity contribution in [3.05, 3.63) is 29.8 Å². The van der Waals surface area contributed by atoms with E-state index >= 15 is 0 Å². The zero-order valence-electron chi connectivity index (χ0n) is 16.3. The summed E-state index contributed by atoms with van der Waals surface area (Å²) in [4.78, 5) is 26.6. The molecular formula is C20H28N2O5S. The van der Waals surface area contributed by atoms with E-state index in [1.54, 1.807) is 0 Å². The van der Waals surface area contributed by atoms with Crippen LogP contribution in [0.1, 0.15) is 55.8 Å². The molecule has 2 heterocycles. The van der Waals surface area contributed by atoms with E-state index in [-0.39, 0.29) is 29.0 Å². The Labute approximate surface area is 166 Å². The quantitative estimate of drug-likeness (QED) is 0.675. The van der Waals surface area contributed by atoms with Gasteiger partial charge >= 0.3 is 5.97 Å². The van der Waals surface area contributed by atoms with Gasteiger partial charge in [-0.25, -0.2) is 13.2 Å². The number of nitrogens with zero attached hydrogens (tertiary/aromatic N) is 2. The lowest BCUT2D eigenvalue weighted by molar-refractivity contribution is -0.138. The number of sulfonamides is 1. The molecule has 2 saturated heterocycles. The number of amides is 1. The molecule has 1 unspecified atom stereocenters. The highest BCUT2D eigenvalue weighted by molar-refractivity contribution is 7.89. The van der Waals surface area contributed by atoms with Crippen LogP contribution in [0.5, 0.6) is 0 Å². The second-order valence-electron chi connectivity index (χ2n) is 7.36. The number of hydrogen-bond donors (Lipinski definition) is 0. The van der Waals surface area contributed by atoms with E-state index in [1.807, 2.05) is 4.90 Å². The smallest absolute Gasteiger partial charge is 0.338 e. The summed E-state index contributed by atoms with van der Waals surface area (Å²) < 4.78 is 31.7. The second-order valence-corrected chi connectivity index (χ2v) is 9.29. The Kier molecular flexibility index (Phi) is 6.72.